The van der Waals surface area contributed by atoms with Crippen LogP contribution < -0.4 is 0 Å². The molecular formula is C13H19NO2S. The van der Waals surface area contributed by atoms with Crippen LogP contribution in [0.25, 0.3) is 0 Å². The third kappa shape index (κ3) is 2.87. The minimum Gasteiger partial charge on any atom is -0.378 e. The molecule has 0 aromatic carbocycles. The lowest BCUT2D eigenvalue weighted by Gasteiger charge is -2.26. The molecule has 3 nitrogen and oxygen atoms in total. The third-order valence-electron chi connectivity index (χ3n) is 2.85. The Labute approximate surface area is 106 Å². The average molecular weight is 253 g/mol. The monoisotopic (exact) mass is 253 g/mol. The van der Waals surface area contributed by atoms with E-state index in [2.05, 4.69) is 26.8 Å². The second kappa shape index (κ2) is 4.78. The second-order valence-electron chi connectivity index (χ2n) is 5.32. The summed E-state index contributed by atoms with van der Waals surface area (Å²) in [5, 5.41) is 0. The van der Waals surface area contributed by atoms with E-state index in [0.29, 0.717) is 26.3 Å². The maximum absolute atomic E-state index is 12.2. The largest absolute Gasteiger partial charge is 0.378 e. The number of carbonyl (C=O) groups excluding carboxylic acids is 1. The highest BCUT2D eigenvalue weighted by atomic mass is 32.1. The Hall–Kier alpha value is -0.870. The van der Waals surface area contributed by atoms with Gasteiger partial charge in [-0.05, 0) is 17.5 Å². The molecule has 0 aliphatic carbocycles. The SMILES string of the molecule is CC(C)(C)c1ccc(C(=O)N2CCOCC2)s1. The third-order valence-corrected chi connectivity index (χ3v) is 4.35. The number of morpholine rings is 1. The van der Waals surface area contributed by atoms with E-state index in [9.17, 15) is 4.79 Å². The van der Waals surface area contributed by atoms with Crippen molar-refractivity contribution >= 4 is 17.2 Å². The highest BCUT2D eigenvalue weighted by molar-refractivity contribution is 7.14. The normalized spacial score (nSPS) is 17.2. The van der Waals surface area contributed by atoms with Crippen LogP contribution >= 0.6 is 11.3 Å². The number of amides is 1. The van der Waals surface area contributed by atoms with Gasteiger partial charge in [-0.15, -0.1) is 11.3 Å². The summed E-state index contributed by atoms with van der Waals surface area (Å²) in [5.41, 5.74) is 0.119. The van der Waals surface area contributed by atoms with Gasteiger partial charge in [0.25, 0.3) is 5.91 Å². The molecule has 2 rings (SSSR count). The van der Waals surface area contributed by atoms with Crippen molar-refractivity contribution in [3.8, 4) is 0 Å². The second-order valence-corrected chi connectivity index (χ2v) is 6.40. The predicted molar refractivity (Wildman–Crippen MR) is 69.7 cm³/mol. The van der Waals surface area contributed by atoms with Crippen molar-refractivity contribution in [2.24, 2.45) is 0 Å². The Bertz CT molecular complexity index is 400. The molecule has 0 saturated carbocycles. The van der Waals surface area contributed by atoms with Crippen molar-refractivity contribution < 1.29 is 9.53 Å². The van der Waals surface area contributed by atoms with Crippen molar-refractivity contribution in [2.45, 2.75) is 26.2 Å². The van der Waals surface area contributed by atoms with Crippen LogP contribution in [0.2, 0.25) is 0 Å². The van der Waals surface area contributed by atoms with E-state index in [4.69, 9.17) is 4.74 Å². The Morgan fingerprint density at radius 1 is 1.29 bits per heavy atom. The summed E-state index contributed by atoms with van der Waals surface area (Å²) in [4.78, 5) is 16.2. The predicted octanol–water partition coefficient (Wildman–Crippen LogP) is 2.52. The summed E-state index contributed by atoms with van der Waals surface area (Å²) in [5.74, 6) is 0.147. The molecule has 4 heteroatoms. The van der Waals surface area contributed by atoms with Crippen LogP contribution in [0, 0.1) is 0 Å². The van der Waals surface area contributed by atoms with Gasteiger partial charge in [0.2, 0.25) is 0 Å². The number of carbonyl (C=O) groups is 1. The number of rotatable bonds is 1. The van der Waals surface area contributed by atoms with Crippen LogP contribution in [0.1, 0.15) is 35.3 Å². The lowest BCUT2D eigenvalue weighted by atomic mass is 9.95. The van der Waals surface area contributed by atoms with E-state index < -0.39 is 0 Å². The molecule has 1 saturated heterocycles. The van der Waals surface area contributed by atoms with Crippen LogP contribution in [-0.2, 0) is 10.2 Å². The Morgan fingerprint density at radius 3 is 2.47 bits per heavy atom. The smallest absolute Gasteiger partial charge is 0.264 e. The van der Waals surface area contributed by atoms with Crippen molar-refractivity contribution in [2.75, 3.05) is 26.3 Å². The molecule has 0 bridgehead atoms. The topological polar surface area (TPSA) is 29.5 Å². The zero-order valence-electron chi connectivity index (χ0n) is 10.7. The Kier molecular flexibility index (Phi) is 3.54. The molecule has 0 N–H and O–H groups in total. The molecule has 1 aliphatic heterocycles. The van der Waals surface area contributed by atoms with Crippen LogP contribution in [0.3, 0.4) is 0 Å². The molecule has 1 fully saturated rings. The van der Waals surface area contributed by atoms with E-state index in [1.165, 1.54) is 4.88 Å². The lowest BCUT2D eigenvalue weighted by Crippen LogP contribution is -2.40. The summed E-state index contributed by atoms with van der Waals surface area (Å²) < 4.78 is 5.25. The van der Waals surface area contributed by atoms with Crippen molar-refractivity contribution in [1.29, 1.82) is 0 Å². The maximum atomic E-state index is 12.2. The molecule has 1 aliphatic rings. The first-order chi connectivity index (χ1) is 7.98. The summed E-state index contributed by atoms with van der Waals surface area (Å²) in [6, 6.07) is 4.02. The van der Waals surface area contributed by atoms with Gasteiger partial charge >= 0.3 is 0 Å². The highest BCUT2D eigenvalue weighted by Gasteiger charge is 2.22. The average Bonchev–Trinajstić information content (AvgIpc) is 2.78. The Morgan fingerprint density at radius 2 is 1.94 bits per heavy atom. The highest BCUT2D eigenvalue weighted by Crippen LogP contribution is 2.30. The number of hydrogen-bond acceptors (Lipinski definition) is 3. The van der Waals surface area contributed by atoms with Gasteiger partial charge in [-0.3, -0.25) is 4.79 Å². The molecule has 1 amide bonds. The van der Waals surface area contributed by atoms with Gasteiger partial charge < -0.3 is 9.64 Å². The van der Waals surface area contributed by atoms with Gasteiger partial charge in [0, 0.05) is 18.0 Å². The first kappa shape index (κ1) is 12.6. The maximum Gasteiger partial charge on any atom is 0.264 e. The van der Waals surface area contributed by atoms with E-state index in [-0.39, 0.29) is 11.3 Å². The zero-order valence-corrected chi connectivity index (χ0v) is 11.5. The van der Waals surface area contributed by atoms with E-state index >= 15 is 0 Å². The summed E-state index contributed by atoms with van der Waals surface area (Å²) in [6.45, 7) is 9.24. The van der Waals surface area contributed by atoms with Crippen LogP contribution in [0.4, 0.5) is 0 Å². The minimum atomic E-state index is 0.119. The van der Waals surface area contributed by atoms with Crippen molar-refractivity contribution in [3.63, 3.8) is 0 Å². The summed E-state index contributed by atoms with van der Waals surface area (Å²) in [7, 11) is 0. The Balaban J connectivity index is 2.11. The number of hydrogen-bond donors (Lipinski definition) is 0. The fourth-order valence-electron chi connectivity index (χ4n) is 1.78. The van der Waals surface area contributed by atoms with Gasteiger partial charge in [0.1, 0.15) is 0 Å². The molecule has 1 aromatic heterocycles. The number of nitrogens with zero attached hydrogens (tertiary/aromatic N) is 1. The van der Waals surface area contributed by atoms with Gasteiger partial charge in [-0.2, -0.15) is 0 Å². The van der Waals surface area contributed by atoms with Crippen molar-refractivity contribution in [1.82, 2.24) is 4.90 Å². The first-order valence-corrected chi connectivity index (χ1v) is 6.77. The molecule has 0 unspecified atom stereocenters. The molecule has 0 spiro atoms. The molecule has 1 aromatic rings. The van der Waals surface area contributed by atoms with Gasteiger partial charge in [0.15, 0.2) is 0 Å². The molecule has 0 radical (unpaired) electrons. The molecule has 94 valence electrons. The van der Waals surface area contributed by atoms with E-state index in [1.807, 2.05) is 11.0 Å². The van der Waals surface area contributed by atoms with Gasteiger partial charge in [-0.25, -0.2) is 0 Å². The van der Waals surface area contributed by atoms with Crippen LogP contribution in [-0.4, -0.2) is 37.1 Å². The number of thiophene rings is 1. The summed E-state index contributed by atoms with van der Waals surface area (Å²) >= 11 is 1.61. The molecule has 0 atom stereocenters. The zero-order chi connectivity index (χ0) is 12.5. The number of ether oxygens (including phenoxy) is 1. The van der Waals surface area contributed by atoms with Crippen LogP contribution in [0.15, 0.2) is 12.1 Å². The fourth-order valence-corrected chi connectivity index (χ4v) is 2.81. The lowest BCUT2D eigenvalue weighted by molar-refractivity contribution is 0.0306. The molecule has 17 heavy (non-hydrogen) atoms. The standard InChI is InChI=1S/C13H19NO2S/c1-13(2,3)11-5-4-10(17-11)12(15)14-6-8-16-9-7-14/h4-5H,6-9H2,1-3H3. The molecule has 2 heterocycles. The first-order valence-electron chi connectivity index (χ1n) is 5.96. The fraction of sp³-hybridized carbons (Fsp3) is 0.615. The summed E-state index contributed by atoms with van der Waals surface area (Å²) in [6.07, 6.45) is 0. The minimum absolute atomic E-state index is 0.119. The van der Waals surface area contributed by atoms with Gasteiger partial charge in [0.05, 0.1) is 18.1 Å². The van der Waals surface area contributed by atoms with Gasteiger partial charge in [-0.1, -0.05) is 20.8 Å². The quantitative estimate of drug-likeness (QED) is 0.769. The van der Waals surface area contributed by atoms with Crippen LogP contribution in [0.5, 0.6) is 0 Å². The van der Waals surface area contributed by atoms with E-state index in [1.54, 1.807) is 11.3 Å². The van der Waals surface area contributed by atoms with E-state index in [0.717, 1.165) is 4.88 Å². The van der Waals surface area contributed by atoms with Crippen molar-refractivity contribution in [3.05, 3.63) is 21.9 Å². The molecular weight excluding hydrogens is 234 g/mol.